The molecule has 0 aliphatic heterocycles. The Hall–Kier alpha value is -1.45. The van der Waals surface area contributed by atoms with Gasteiger partial charge in [-0.05, 0) is 48.0 Å². The normalized spacial score (nSPS) is 46.5. The summed E-state index contributed by atoms with van der Waals surface area (Å²) in [5, 5.41) is 0. The van der Waals surface area contributed by atoms with Gasteiger partial charge >= 0.3 is 5.97 Å². The molecule has 4 fully saturated rings. The Kier molecular flexibility index (Phi) is 3.65. The minimum absolute atomic E-state index is 0.0130. The summed E-state index contributed by atoms with van der Waals surface area (Å²) in [6.45, 7) is 12.1. The van der Waals surface area contributed by atoms with Gasteiger partial charge in [-0.1, -0.05) is 33.8 Å². The molecule has 0 radical (unpaired) electrons. The summed E-state index contributed by atoms with van der Waals surface area (Å²) in [6.07, 6.45) is 4.38. The van der Waals surface area contributed by atoms with Gasteiger partial charge in [0.05, 0.1) is 0 Å². The number of fused-ring (bicyclic) bond motifs is 3. The lowest BCUT2D eigenvalue weighted by atomic mass is 9.40. The van der Waals surface area contributed by atoms with Gasteiger partial charge in [-0.2, -0.15) is 0 Å². The average molecular weight is 358 g/mol. The van der Waals surface area contributed by atoms with Crippen molar-refractivity contribution >= 4 is 17.5 Å². The van der Waals surface area contributed by atoms with Crippen LogP contribution in [0.2, 0.25) is 0 Å². The van der Waals surface area contributed by atoms with Gasteiger partial charge in [0.1, 0.15) is 11.9 Å². The molecular formula is C22H30O4. The second kappa shape index (κ2) is 5.30. The Bertz CT molecular complexity index is 720. The maximum Gasteiger partial charge on any atom is 0.302 e. The summed E-state index contributed by atoms with van der Waals surface area (Å²) in [5.74, 6) is -0.157. The topological polar surface area (TPSA) is 60.4 Å². The number of esters is 1. The molecule has 2 bridgehead atoms. The van der Waals surface area contributed by atoms with Crippen LogP contribution in [-0.4, -0.2) is 23.6 Å². The number of carbonyl (C=O) groups is 3. The first-order valence-electron chi connectivity index (χ1n) is 9.96. The lowest BCUT2D eigenvalue weighted by Crippen LogP contribution is -2.65. The highest BCUT2D eigenvalue weighted by molar-refractivity contribution is 6.08. The first-order valence-corrected chi connectivity index (χ1v) is 9.96. The molecule has 6 unspecified atom stereocenters. The van der Waals surface area contributed by atoms with Crippen molar-refractivity contribution in [3.05, 3.63) is 12.2 Å². The molecule has 0 saturated heterocycles. The van der Waals surface area contributed by atoms with Crippen LogP contribution in [0, 0.1) is 34.0 Å². The van der Waals surface area contributed by atoms with Crippen LogP contribution < -0.4 is 0 Å². The van der Waals surface area contributed by atoms with Crippen LogP contribution >= 0.6 is 0 Å². The van der Waals surface area contributed by atoms with Crippen LogP contribution in [0.4, 0.5) is 0 Å². The summed E-state index contributed by atoms with van der Waals surface area (Å²) < 4.78 is 5.84. The summed E-state index contributed by atoms with van der Waals surface area (Å²) in [5.41, 5.74) is -0.400. The predicted molar refractivity (Wildman–Crippen MR) is 97.2 cm³/mol. The van der Waals surface area contributed by atoms with Crippen LogP contribution in [0.5, 0.6) is 0 Å². The van der Waals surface area contributed by atoms with E-state index in [4.69, 9.17) is 4.74 Å². The molecule has 0 aromatic heterocycles. The highest BCUT2D eigenvalue weighted by atomic mass is 16.5. The second-order valence-electron chi connectivity index (χ2n) is 10.2. The third-order valence-electron chi connectivity index (χ3n) is 8.17. The molecule has 6 atom stereocenters. The lowest BCUT2D eigenvalue weighted by Gasteiger charge is -2.64. The Morgan fingerprint density at radius 3 is 2.50 bits per heavy atom. The zero-order valence-corrected chi connectivity index (χ0v) is 16.4. The fourth-order valence-electron chi connectivity index (χ4n) is 7.75. The van der Waals surface area contributed by atoms with Crippen molar-refractivity contribution in [3.8, 4) is 0 Å². The zero-order chi connectivity index (χ0) is 19.1. The van der Waals surface area contributed by atoms with Crippen LogP contribution in [0.3, 0.4) is 0 Å². The van der Waals surface area contributed by atoms with E-state index in [1.165, 1.54) is 6.92 Å². The van der Waals surface area contributed by atoms with E-state index in [1.807, 2.05) is 0 Å². The van der Waals surface area contributed by atoms with Gasteiger partial charge < -0.3 is 4.74 Å². The average Bonchev–Trinajstić information content (AvgIpc) is 2.66. The molecule has 0 aromatic carbocycles. The zero-order valence-electron chi connectivity index (χ0n) is 16.4. The lowest BCUT2D eigenvalue weighted by molar-refractivity contribution is -0.209. The van der Waals surface area contributed by atoms with E-state index >= 15 is 0 Å². The van der Waals surface area contributed by atoms with Crippen molar-refractivity contribution < 1.29 is 19.1 Å². The third kappa shape index (κ3) is 2.10. The van der Waals surface area contributed by atoms with Crippen molar-refractivity contribution in [1.82, 2.24) is 0 Å². The summed E-state index contributed by atoms with van der Waals surface area (Å²) in [4.78, 5) is 38.5. The molecule has 4 heteroatoms. The quantitative estimate of drug-likeness (QED) is 0.527. The molecular weight excluding hydrogens is 328 g/mol. The van der Waals surface area contributed by atoms with Crippen molar-refractivity contribution in [1.29, 1.82) is 0 Å². The molecule has 0 N–H and O–H groups in total. The Balaban J connectivity index is 1.89. The van der Waals surface area contributed by atoms with Crippen molar-refractivity contribution in [3.63, 3.8) is 0 Å². The molecule has 26 heavy (non-hydrogen) atoms. The molecule has 142 valence electrons. The minimum atomic E-state index is -0.699. The van der Waals surface area contributed by atoms with Crippen LogP contribution in [-0.2, 0) is 19.1 Å². The summed E-state index contributed by atoms with van der Waals surface area (Å²) in [6, 6.07) is 0. The monoisotopic (exact) mass is 358 g/mol. The number of allylic oxidation sites excluding steroid dienone is 1. The van der Waals surface area contributed by atoms with Crippen molar-refractivity contribution in [2.45, 2.75) is 72.3 Å². The Morgan fingerprint density at radius 1 is 1.15 bits per heavy atom. The van der Waals surface area contributed by atoms with E-state index in [2.05, 4.69) is 27.4 Å². The molecule has 0 heterocycles. The number of rotatable bonds is 1. The summed E-state index contributed by atoms with van der Waals surface area (Å²) in [7, 11) is 0. The maximum absolute atomic E-state index is 13.3. The largest absolute Gasteiger partial charge is 0.462 e. The molecule has 4 nitrogen and oxygen atoms in total. The third-order valence-corrected chi connectivity index (χ3v) is 8.17. The van der Waals surface area contributed by atoms with Gasteiger partial charge in [-0.25, -0.2) is 0 Å². The van der Waals surface area contributed by atoms with E-state index in [1.54, 1.807) is 0 Å². The Morgan fingerprint density at radius 2 is 1.85 bits per heavy atom. The highest BCUT2D eigenvalue weighted by Gasteiger charge is 2.72. The molecule has 4 saturated carbocycles. The number of ketones is 2. The fourth-order valence-corrected chi connectivity index (χ4v) is 7.75. The van der Waals surface area contributed by atoms with E-state index in [-0.39, 0.29) is 52.2 Å². The van der Waals surface area contributed by atoms with Crippen molar-refractivity contribution in [2.75, 3.05) is 0 Å². The first kappa shape index (κ1) is 17.9. The predicted octanol–water partition coefficient (Wildman–Crippen LogP) is 3.88. The second-order valence-corrected chi connectivity index (χ2v) is 10.2. The standard InChI is InChI=1S/C22H30O4/c1-12-14-9-15(24)17-21(5)8-6-7-20(3,4)18(21)16(26-13(2)23)11-22(17,10-14)19(12)25/h14,16-18H,1,6-11H2,2-5H3. The van der Waals surface area contributed by atoms with Crippen molar-refractivity contribution in [2.24, 2.45) is 34.0 Å². The number of hydrogen-bond donors (Lipinski definition) is 0. The molecule has 4 aliphatic rings. The van der Waals surface area contributed by atoms with Gasteiger partial charge in [-0.15, -0.1) is 0 Å². The molecule has 0 aromatic rings. The van der Waals surface area contributed by atoms with E-state index < -0.39 is 5.41 Å². The van der Waals surface area contributed by atoms with Gasteiger partial charge in [0.15, 0.2) is 5.78 Å². The number of Topliss-reactive ketones (excluding diaryl/α,β-unsaturated/α-hetero) is 2. The summed E-state index contributed by atoms with van der Waals surface area (Å²) >= 11 is 0. The Labute approximate surface area is 155 Å². The van der Waals surface area contributed by atoms with Gasteiger partial charge in [0.25, 0.3) is 0 Å². The highest BCUT2D eigenvalue weighted by Crippen LogP contribution is 2.70. The number of hydrogen-bond acceptors (Lipinski definition) is 4. The van der Waals surface area contributed by atoms with Crippen LogP contribution in [0.15, 0.2) is 12.2 Å². The smallest absolute Gasteiger partial charge is 0.302 e. The molecule has 0 amide bonds. The number of carbonyl (C=O) groups excluding carboxylic acids is 3. The van der Waals surface area contributed by atoms with E-state index in [0.29, 0.717) is 24.8 Å². The molecule has 4 aliphatic carbocycles. The molecule has 4 rings (SSSR count). The SMILES string of the molecule is C=C1C(=O)C23CC1CC(=O)C2C1(C)CCCC(C)(C)C1C(OC(C)=O)C3. The first-order chi connectivity index (χ1) is 12.0. The number of ether oxygens (including phenoxy) is 1. The molecule has 1 spiro atoms. The minimum Gasteiger partial charge on any atom is -0.462 e. The van der Waals surface area contributed by atoms with Gasteiger partial charge in [-0.3, -0.25) is 14.4 Å². The van der Waals surface area contributed by atoms with Gasteiger partial charge in [0.2, 0.25) is 0 Å². The van der Waals surface area contributed by atoms with Crippen LogP contribution in [0.25, 0.3) is 0 Å². The van der Waals surface area contributed by atoms with E-state index in [9.17, 15) is 14.4 Å². The van der Waals surface area contributed by atoms with E-state index in [0.717, 1.165) is 19.3 Å². The maximum atomic E-state index is 13.3. The fraction of sp³-hybridized carbons (Fsp3) is 0.773. The van der Waals surface area contributed by atoms with Gasteiger partial charge in [0, 0.05) is 30.6 Å². The van der Waals surface area contributed by atoms with Crippen LogP contribution in [0.1, 0.15) is 66.2 Å².